The zero-order valence-electron chi connectivity index (χ0n) is 12.5. The molecule has 0 bridgehead atoms. The van der Waals surface area contributed by atoms with E-state index in [0.29, 0.717) is 6.42 Å². The van der Waals surface area contributed by atoms with Crippen LogP contribution in [0.1, 0.15) is 53.0 Å². The number of para-hydroxylation sites is 1. The quantitative estimate of drug-likeness (QED) is 0.874. The van der Waals surface area contributed by atoms with Gasteiger partial charge in [0.25, 0.3) is 0 Å². The second-order valence-electron chi connectivity index (χ2n) is 6.50. The van der Waals surface area contributed by atoms with Gasteiger partial charge in [-0.25, -0.2) is 0 Å². The van der Waals surface area contributed by atoms with Crippen molar-refractivity contribution in [2.75, 3.05) is 0 Å². The molecule has 0 saturated carbocycles. The molecule has 1 aromatic carbocycles. The van der Waals surface area contributed by atoms with Crippen molar-refractivity contribution >= 4 is 5.97 Å². The molecule has 0 aliphatic carbocycles. The van der Waals surface area contributed by atoms with Crippen LogP contribution in [0, 0.1) is 0 Å². The Labute approximate surface area is 115 Å². The van der Waals surface area contributed by atoms with E-state index in [1.54, 1.807) is 0 Å². The maximum Gasteiger partial charge on any atom is 0.303 e. The van der Waals surface area contributed by atoms with Crippen LogP contribution >= 0.6 is 0 Å². The number of aliphatic carboxylic acids is 1. The third-order valence-electron chi connectivity index (χ3n) is 3.02. The summed E-state index contributed by atoms with van der Waals surface area (Å²) in [5.41, 5.74) is 0.651. The minimum Gasteiger partial charge on any atom is -0.488 e. The molecule has 0 atom stereocenters. The Hall–Kier alpha value is -1.51. The molecule has 0 radical (unpaired) electrons. The minimum atomic E-state index is -0.791. The minimum absolute atomic E-state index is 0.000524. The van der Waals surface area contributed by atoms with Gasteiger partial charge in [0.05, 0.1) is 0 Å². The summed E-state index contributed by atoms with van der Waals surface area (Å²) in [7, 11) is 0. The number of hydrogen-bond donors (Lipinski definition) is 1. The van der Waals surface area contributed by atoms with Gasteiger partial charge >= 0.3 is 5.97 Å². The lowest BCUT2D eigenvalue weighted by atomic mass is 9.86. The van der Waals surface area contributed by atoms with Crippen molar-refractivity contribution in [3.63, 3.8) is 0 Å². The van der Waals surface area contributed by atoms with E-state index in [1.165, 1.54) is 0 Å². The van der Waals surface area contributed by atoms with E-state index in [9.17, 15) is 4.79 Å². The molecule has 0 saturated heterocycles. The smallest absolute Gasteiger partial charge is 0.303 e. The molecule has 3 nitrogen and oxygen atoms in total. The van der Waals surface area contributed by atoms with Crippen molar-refractivity contribution in [2.45, 2.75) is 58.5 Å². The van der Waals surface area contributed by atoms with Gasteiger partial charge in [-0.1, -0.05) is 39.0 Å². The highest BCUT2D eigenvalue weighted by Crippen LogP contribution is 2.33. The number of rotatable bonds is 5. The highest BCUT2D eigenvalue weighted by molar-refractivity contribution is 5.66. The van der Waals surface area contributed by atoms with Crippen LogP contribution in [0.25, 0.3) is 0 Å². The summed E-state index contributed by atoms with van der Waals surface area (Å²) >= 11 is 0. The number of carbonyl (C=O) groups is 1. The van der Waals surface area contributed by atoms with Crippen LogP contribution in [0.5, 0.6) is 5.75 Å². The van der Waals surface area contributed by atoms with Crippen LogP contribution in [0.15, 0.2) is 24.3 Å². The maximum absolute atomic E-state index is 10.7. The Bertz CT molecular complexity index is 442. The molecule has 0 fully saturated rings. The highest BCUT2D eigenvalue weighted by atomic mass is 16.5. The summed E-state index contributed by atoms with van der Waals surface area (Å²) in [5, 5.41) is 8.77. The van der Waals surface area contributed by atoms with Gasteiger partial charge < -0.3 is 9.84 Å². The van der Waals surface area contributed by atoms with E-state index in [1.807, 2.05) is 32.0 Å². The van der Waals surface area contributed by atoms with Crippen LogP contribution in [0.2, 0.25) is 0 Å². The molecule has 19 heavy (non-hydrogen) atoms. The molecule has 0 aliphatic rings. The van der Waals surface area contributed by atoms with E-state index in [2.05, 4.69) is 26.8 Å². The standard InChI is InChI=1S/C16H24O3/c1-15(2,3)12-8-6-7-9-13(12)19-16(4,5)11-10-14(17)18/h6-9H,10-11H2,1-5H3,(H,17,18). The van der Waals surface area contributed by atoms with Gasteiger partial charge in [0.2, 0.25) is 0 Å². The largest absolute Gasteiger partial charge is 0.488 e. The van der Waals surface area contributed by atoms with Crippen molar-refractivity contribution in [1.29, 1.82) is 0 Å². The van der Waals surface area contributed by atoms with Crippen LogP contribution in [-0.2, 0) is 10.2 Å². The molecule has 106 valence electrons. The normalized spacial score (nSPS) is 12.3. The van der Waals surface area contributed by atoms with Crippen molar-refractivity contribution in [3.05, 3.63) is 29.8 Å². The average molecular weight is 264 g/mol. The molecule has 0 amide bonds. The fourth-order valence-electron chi connectivity index (χ4n) is 1.93. The molecule has 1 aromatic rings. The Kier molecular flexibility index (Phi) is 4.61. The predicted molar refractivity (Wildman–Crippen MR) is 76.7 cm³/mol. The van der Waals surface area contributed by atoms with Crippen LogP contribution in [0.3, 0.4) is 0 Å². The SMILES string of the molecule is CC(C)(CCC(=O)O)Oc1ccccc1C(C)(C)C. The second-order valence-corrected chi connectivity index (χ2v) is 6.50. The first-order valence-electron chi connectivity index (χ1n) is 6.62. The lowest BCUT2D eigenvalue weighted by Gasteiger charge is -2.30. The van der Waals surface area contributed by atoms with E-state index in [4.69, 9.17) is 9.84 Å². The summed E-state index contributed by atoms with van der Waals surface area (Å²) in [4.78, 5) is 10.7. The molecule has 0 aromatic heterocycles. The number of hydrogen-bond acceptors (Lipinski definition) is 2. The summed E-state index contributed by atoms with van der Waals surface area (Å²) in [6.45, 7) is 10.3. The van der Waals surface area contributed by atoms with E-state index >= 15 is 0 Å². The van der Waals surface area contributed by atoms with Gasteiger partial charge in [-0.15, -0.1) is 0 Å². The van der Waals surface area contributed by atoms with Gasteiger partial charge in [0.15, 0.2) is 0 Å². The van der Waals surface area contributed by atoms with Gasteiger partial charge in [0.1, 0.15) is 11.4 Å². The fourth-order valence-corrected chi connectivity index (χ4v) is 1.93. The van der Waals surface area contributed by atoms with Gasteiger partial charge in [-0.2, -0.15) is 0 Å². The summed E-state index contributed by atoms with van der Waals surface area (Å²) in [5.74, 6) is 0.0474. The summed E-state index contributed by atoms with van der Waals surface area (Å²) < 4.78 is 6.05. The Morgan fingerprint density at radius 2 is 1.74 bits per heavy atom. The molecular weight excluding hydrogens is 240 g/mol. The summed E-state index contributed by atoms with van der Waals surface area (Å²) in [6, 6.07) is 7.95. The van der Waals surface area contributed by atoms with E-state index < -0.39 is 11.6 Å². The monoisotopic (exact) mass is 264 g/mol. The van der Waals surface area contributed by atoms with Crippen LogP contribution in [0.4, 0.5) is 0 Å². The number of ether oxygens (including phenoxy) is 1. The van der Waals surface area contributed by atoms with Gasteiger partial charge in [-0.3, -0.25) is 4.79 Å². The van der Waals surface area contributed by atoms with E-state index in [-0.39, 0.29) is 11.8 Å². The molecule has 1 N–H and O–H groups in total. The Morgan fingerprint density at radius 1 is 1.16 bits per heavy atom. The molecule has 3 heteroatoms. The van der Waals surface area contributed by atoms with E-state index in [0.717, 1.165) is 11.3 Å². The van der Waals surface area contributed by atoms with Gasteiger partial charge in [-0.05, 0) is 37.3 Å². The van der Waals surface area contributed by atoms with Crippen molar-refractivity contribution in [1.82, 2.24) is 0 Å². The fraction of sp³-hybridized carbons (Fsp3) is 0.562. The zero-order valence-corrected chi connectivity index (χ0v) is 12.5. The molecule has 0 aliphatic heterocycles. The maximum atomic E-state index is 10.7. The first-order chi connectivity index (χ1) is 8.62. The molecule has 0 spiro atoms. The zero-order chi connectivity index (χ0) is 14.7. The predicted octanol–water partition coefficient (Wildman–Crippen LogP) is 4.01. The second kappa shape index (κ2) is 5.64. The Morgan fingerprint density at radius 3 is 2.26 bits per heavy atom. The first-order valence-corrected chi connectivity index (χ1v) is 6.62. The van der Waals surface area contributed by atoms with Gasteiger partial charge in [0, 0.05) is 6.42 Å². The third kappa shape index (κ3) is 4.93. The lowest BCUT2D eigenvalue weighted by molar-refractivity contribution is -0.138. The molecule has 0 unspecified atom stereocenters. The lowest BCUT2D eigenvalue weighted by Crippen LogP contribution is -2.30. The van der Waals surface area contributed by atoms with Crippen LogP contribution < -0.4 is 4.74 Å². The molecular formula is C16H24O3. The number of carboxylic acid groups (broad SMARTS) is 1. The average Bonchev–Trinajstić information content (AvgIpc) is 2.25. The highest BCUT2D eigenvalue weighted by Gasteiger charge is 2.25. The molecule has 0 heterocycles. The topological polar surface area (TPSA) is 46.5 Å². The first kappa shape index (κ1) is 15.5. The van der Waals surface area contributed by atoms with Crippen LogP contribution in [-0.4, -0.2) is 16.7 Å². The Balaban J connectivity index is 2.90. The van der Waals surface area contributed by atoms with Crippen molar-refractivity contribution in [2.24, 2.45) is 0 Å². The van der Waals surface area contributed by atoms with Crippen molar-refractivity contribution in [3.8, 4) is 5.75 Å². The number of carboxylic acids is 1. The van der Waals surface area contributed by atoms with Crippen molar-refractivity contribution < 1.29 is 14.6 Å². The number of benzene rings is 1. The third-order valence-corrected chi connectivity index (χ3v) is 3.02. The molecule has 1 rings (SSSR count). The summed E-state index contributed by atoms with van der Waals surface area (Å²) in [6.07, 6.45) is 0.603.